The summed E-state index contributed by atoms with van der Waals surface area (Å²) in [6.45, 7) is -0.647. The molecule has 3 heterocycles. The van der Waals surface area contributed by atoms with Gasteiger partial charge in [0.25, 0.3) is 10.0 Å². The number of piperazine rings is 1. The summed E-state index contributed by atoms with van der Waals surface area (Å²) in [5, 5.41) is 1.66. The number of H-pyrrole nitrogens is 1. The summed E-state index contributed by atoms with van der Waals surface area (Å²) in [6.07, 6.45) is 1.34. The molecule has 2 aromatic heterocycles. The molecule has 1 fully saturated rings. The van der Waals surface area contributed by atoms with Crippen LogP contribution in [0.2, 0.25) is 5.02 Å². The van der Waals surface area contributed by atoms with E-state index in [2.05, 4.69) is 15.0 Å². The Kier molecular flexibility index (Phi) is 6.02. The monoisotopic (exact) mass is 528 g/mol. The summed E-state index contributed by atoms with van der Waals surface area (Å²) in [5.41, 5.74) is 7.69. The molecule has 2 aromatic carbocycles. The van der Waals surface area contributed by atoms with Crippen molar-refractivity contribution in [2.24, 2.45) is 0 Å². The van der Waals surface area contributed by atoms with Crippen molar-refractivity contribution >= 4 is 61.1 Å². The number of anilines is 1. The van der Waals surface area contributed by atoms with Gasteiger partial charge in [0, 0.05) is 34.4 Å². The molecule has 1 atom stereocenters. The molecule has 1 aliphatic heterocycles. The zero-order valence-corrected chi connectivity index (χ0v) is 20.6. The van der Waals surface area contributed by atoms with Gasteiger partial charge in [0.2, 0.25) is 5.91 Å². The molecule has 5 rings (SSSR count). The topological polar surface area (TPSA) is 152 Å². The number of halogens is 1. The van der Waals surface area contributed by atoms with Crippen LogP contribution in [0.15, 0.2) is 53.8 Å². The Morgan fingerprint density at radius 2 is 2.03 bits per heavy atom. The lowest BCUT2D eigenvalue weighted by Gasteiger charge is -2.38. The number of methoxy groups -OCH3 is 1. The van der Waals surface area contributed by atoms with Gasteiger partial charge in [-0.25, -0.2) is 23.2 Å². The Labute approximate surface area is 210 Å². The fraction of sp³-hybridized carbons (Fsp3) is 0.217. The minimum atomic E-state index is -4.13. The number of nitrogens with one attached hydrogen (secondary N) is 1. The van der Waals surface area contributed by atoms with E-state index in [9.17, 15) is 18.0 Å². The zero-order chi connectivity index (χ0) is 25.6. The van der Waals surface area contributed by atoms with Gasteiger partial charge in [-0.15, -0.1) is 0 Å². The van der Waals surface area contributed by atoms with E-state index in [1.54, 1.807) is 36.4 Å². The second-order valence-electron chi connectivity index (χ2n) is 8.33. The maximum Gasteiger partial charge on any atom is 0.329 e. The number of ether oxygens (including phenoxy) is 1. The van der Waals surface area contributed by atoms with E-state index in [0.717, 1.165) is 4.31 Å². The summed E-state index contributed by atoms with van der Waals surface area (Å²) >= 11 is 6.01. The average Bonchev–Trinajstić information content (AvgIpc) is 3.29. The van der Waals surface area contributed by atoms with E-state index in [1.807, 2.05) is 0 Å². The van der Waals surface area contributed by atoms with Crippen LogP contribution in [-0.4, -0.2) is 70.7 Å². The Balaban J connectivity index is 1.44. The number of sulfonamides is 1. The number of amides is 1. The van der Waals surface area contributed by atoms with Crippen molar-refractivity contribution in [2.75, 3.05) is 25.9 Å². The van der Waals surface area contributed by atoms with Crippen LogP contribution in [0, 0.1) is 0 Å². The van der Waals surface area contributed by atoms with Gasteiger partial charge in [0.15, 0.2) is 0 Å². The minimum Gasteiger partial charge on any atom is -0.467 e. The number of carbonyl (C=O) groups excluding carboxylic acids is 2. The molecule has 186 valence electrons. The lowest BCUT2D eigenvalue weighted by molar-refractivity contribution is -0.157. The summed E-state index contributed by atoms with van der Waals surface area (Å²) in [4.78, 5) is 38.2. The molecule has 13 heteroatoms. The summed E-state index contributed by atoms with van der Waals surface area (Å²) in [5.74, 6) is -0.936. The van der Waals surface area contributed by atoms with Gasteiger partial charge in [-0.1, -0.05) is 23.7 Å². The number of hydrogen-bond donors (Lipinski definition) is 2. The number of benzene rings is 2. The van der Waals surface area contributed by atoms with Crippen LogP contribution in [-0.2, 0) is 30.9 Å². The fourth-order valence-electron chi connectivity index (χ4n) is 4.26. The normalized spacial score (nSPS) is 17.1. The Bertz CT molecular complexity index is 1620. The molecule has 0 spiro atoms. The molecule has 1 amide bonds. The first-order valence-electron chi connectivity index (χ1n) is 10.8. The second-order valence-corrected chi connectivity index (χ2v) is 10.7. The molecule has 36 heavy (non-hydrogen) atoms. The van der Waals surface area contributed by atoms with E-state index in [1.165, 1.54) is 24.4 Å². The molecular weight excluding hydrogens is 508 g/mol. The standard InChI is InChI=1S/C23H21ClN6O5S/c1-35-23(32)19-10-29(36(33,34)20-7-14-3-4-15(24)8-17(14)28-20)11-21(31)30(19)9-13-2-5-16-18(6-13)26-12-27-22(16)25/h2-8,12,19,28H,9-11H2,1H3,(H2,25,26,27). The molecule has 3 N–H and O–H groups in total. The molecule has 0 bridgehead atoms. The average molecular weight is 529 g/mol. The van der Waals surface area contributed by atoms with Crippen molar-refractivity contribution in [3.8, 4) is 0 Å². The van der Waals surface area contributed by atoms with Crippen molar-refractivity contribution in [3.05, 3.63) is 59.4 Å². The number of carbonyl (C=O) groups is 2. The van der Waals surface area contributed by atoms with Crippen LogP contribution in [0.4, 0.5) is 5.82 Å². The highest BCUT2D eigenvalue weighted by atomic mass is 35.5. The number of fused-ring (bicyclic) bond motifs is 2. The number of aromatic amines is 1. The van der Waals surface area contributed by atoms with Gasteiger partial charge in [0.1, 0.15) is 23.2 Å². The SMILES string of the molecule is COC(=O)C1CN(S(=O)(=O)c2cc3ccc(Cl)cc3[nH]2)CC(=O)N1Cc1ccc2c(N)ncnc2c1. The summed E-state index contributed by atoms with van der Waals surface area (Å²) in [7, 11) is -2.94. The molecule has 11 nitrogen and oxygen atoms in total. The first-order valence-corrected chi connectivity index (χ1v) is 12.6. The highest BCUT2D eigenvalue weighted by Crippen LogP contribution is 2.27. The molecule has 1 saturated heterocycles. The van der Waals surface area contributed by atoms with Crippen LogP contribution in [0.3, 0.4) is 0 Å². The van der Waals surface area contributed by atoms with Gasteiger partial charge in [-0.3, -0.25) is 4.79 Å². The summed E-state index contributed by atoms with van der Waals surface area (Å²) < 4.78 is 32.7. The Morgan fingerprint density at radius 3 is 2.81 bits per heavy atom. The van der Waals surface area contributed by atoms with Gasteiger partial charge >= 0.3 is 5.97 Å². The van der Waals surface area contributed by atoms with Crippen molar-refractivity contribution in [3.63, 3.8) is 0 Å². The van der Waals surface area contributed by atoms with Gasteiger partial charge in [-0.05, 0) is 35.9 Å². The number of nitrogens with two attached hydrogens (primary N) is 1. The van der Waals surface area contributed by atoms with E-state index < -0.39 is 34.5 Å². The van der Waals surface area contributed by atoms with E-state index >= 15 is 0 Å². The van der Waals surface area contributed by atoms with E-state index in [4.69, 9.17) is 22.1 Å². The first-order chi connectivity index (χ1) is 17.2. The van der Waals surface area contributed by atoms with Crippen molar-refractivity contribution < 1.29 is 22.7 Å². The van der Waals surface area contributed by atoms with E-state index in [-0.39, 0.29) is 18.1 Å². The van der Waals surface area contributed by atoms with E-state index in [0.29, 0.717) is 38.2 Å². The third-order valence-corrected chi connectivity index (χ3v) is 8.09. The fourth-order valence-corrected chi connectivity index (χ4v) is 5.84. The van der Waals surface area contributed by atoms with Crippen molar-refractivity contribution in [2.45, 2.75) is 17.6 Å². The maximum absolute atomic E-state index is 13.4. The lowest BCUT2D eigenvalue weighted by Crippen LogP contribution is -2.60. The van der Waals surface area contributed by atoms with Crippen LogP contribution in [0.5, 0.6) is 0 Å². The van der Waals surface area contributed by atoms with Crippen molar-refractivity contribution in [1.82, 2.24) is 24.2 Å². The van der Waals surface area contributed by atoms with Gasteiger partial charge < -0.3 is 20.4 Å². The number of aromatic nitrogens is 3. The maximum atomic E-state index is 13.4. The number of nitrogen functional groups attached to an aromatic ring is 1. The number of nitrogens with zero attached hydrogens (tertiary/aromatic N) is 4. The largest absolute Gasteiger partial charge is 0.467 e. The van der Waals surface area contributed by atoms with Crippen LogP contribution in [0.25, 0.3) is 21.8 Å². The molecule has 0 radical (unpaired) electrons. The molecule has 1 aliphatic rings. The molecule has 0 aliphatic carbocycles. The Morgan fingerprint density at radius 1 is 1.22 bits per heavy atom. The summed E-state index contributed by atoms with van der Waals surface area (Å²) in [6, 6.07) is 10.5. The number of hydrogen-bond acceptors (Lipinski definition) is 8. The predicted octanol–water partition coefficient (Wildman–Crippen LogP) is 1.92. The van der Waals surface area contributed by atoms with Crippen LogP contribution < -0.4 is 5.73 Å². The second kappa shape index (κ2) is 9.04. The number of esters is 1. The van der Waals surface area contributed by atoms with Gasteiger partial charge in [0.05, 0.1) is 19.2 Å². The Hall–Kier alpha value is -3.74. The number of rotatable bonds is 5. The van der Waals surface area contributed by atoms with Crippen LogP contribution >= 0.6 is 11.6 Å². The highest BCUT2D eigenvalue weighted by molar-refractivity contribution is 7.89. The highest BCUT2D eigenvalue weighted by Gasteiger charge is 2.42. The molecule has 1 unspecified atom stereocenters. The lowest BCUT2D eigenvalue weighted by atomic mass is 10.1. The third kappa shape index (κ3) is 4.23. The smallest absolute Gasteiger partial charge is 0.329 e. The predicted molar refractivity (Wildman–Crippen MR) is 132 cm³/mol. The van der Waals surface area contributed by atoms with Gasteiger partial charge in [-0.2, -0.15) is 4.31 Å². The first kappa shape index (κ1) is 24.0. The minimum absolute atomic E-state index is 0.0528. The molecule has 4 aromatic rings. The zero-order valence-electron chi connectivity index (χ0n) is 19.0. The third-order valence-electron chi connectivity index (χ3n) is 6.12. The van der Waals surface area contributed by atoms with Crippen LogP contribution in [0.1, 0.15) is 5.56 Å². The molecular formula is C23H21ClN6O5S. The molecule has 0 saturated carbocycles. The van der Waals surface area contributed by atoms with Crippen molar-refractivity contribution in [1.29, 1.82) is 0 Å². The quantitative estimate of drug-likeness (QED) is 0.373.